The van der Waals surface area contributed by atoms with Crippen molar-refractivity contribution in [3.8, 4) is 11.4 Å². The summed E-state index contributed by atoms with van der Waals surface area (Å²) in [4.78, 5) is 18.4. The van der Waals surface area contributed by atoms with E-state index in [0.29, 0.717) is 41.7 Å². The summed E-state index contributed by atoms with van der Waals surface area (Å²) in [7, 11) is 0. The Balaban J connectivity index is 1.59. The normalized spacial score (nSPS) is 18.0. The maximum absolute atomic E-state index is 13.3. The first-order valence-electron chi connectivity index (χ1n) is 8.13. The Bertz CT molecular complexity index is 731. The minimum absolute atomic E-state index is 0.0979. The number of aryl methyl sites for hydroxylation is 2. The second-order valence-electron chi connectivity index (χ2n) is 6.17. The van der Waals surface area contributed by atoms with Gasteiger partial charge in [0.2, 0.25) is 17.6 Å². The second kappa shape index (κ2) is 7.09. The van der Waals surface area contributed by atoms with Crippen LogP contribution in [-0.2, 0) is 11.2 Å². The van der Waals surface area contributed by atoms with Crippen LogP contribution in [0.2, 0.25) is 0 Å². The zero-order valence-electron chi connectivity index (χ0n) is 13.9. The average molecular weight is 332 g/mol. The van der Waals surface area contributed by atoms with Gasteiger partial charge in [-0.1, -0.05) is 5.16 Å². The van der Waals surface area contributed by atoms with Gasteiger partial charge in [0, 0.05) is 44.1 Å². The van der Waals surface area contributed by atoms with Gasteiger partial charge in [0.15, 0.2) is 0 Å². The highest BCUT2D eigenvalue weighted by Crippen LogP contribution is 2.19. The number of amides is 1. The van der Waals surface area contributed by atoms with E-state index in [4.69, 9.17) is 4.52 Å². The van der Waals surface area contributed by atoms with Crippen LogP contribution in [0.4, 0.5) is 4.39 Å². The van der Waals surface area contributed by atoms with E-state index >= 15 is 0 Å². The number of aromatic nitrogens is 2. The molecule has 1 fully saturated rings. The van der Waals surface area contributed by atoms with E-state index in [-0.39, 0.29) is 11.7 Å². The quantitative estimate of drug-likeness (QED) is 0.926. The number of rotatable bonds is 4. The first kappa shape index (κ1) is 16.6. The van der Waals surface area contributed by atoms with E-state index in [0.717, 1.165) is 19.6 Å². The van der Waals surface area contributed by atoms with Crippen molar-refractivity contribution in [3.63, 3.8) is 0 Å². The molecule has 1 aliphatic rings. The van der Waals surface area contributed by atoms with Gasteiger partial charge >= 0.3 is 0 Å². The maximum atomic E-state index is 13.3. The third-order valence-electron chi connectivity index (χ3n) is 4.16. The van der Waals surface area contributed by atoms with Crippen molar-refractivity contribution in [2.45, 2.75) is 32.7 Å². The molecule has 1 aromatic carbocycles. The molecule has 0 spiro atoms. The SMILES string of the molecule is Cc1cc(-c2noc(CCC(=O)N3CCN[C@@H](C)C3)n2)ccc1F. The van der Waals surface area contributed by atoms with Crippen LogP contribution in [-0.4, -0.2) is 46.6 Å². The number of halogens is 1. The van der Waals surface area contributed by atoms with Crippen molar-refractivity contribution < 1.29 is 13.7 Å². The van der Waals surface area contributed by atoms with E-state index in [1.54, 1.807) is 19.1 Å². The van der Waals surface area contributed by atoms with E-state index in [1.165, 1.54) is 6.07 Å². The van der Waals surface area contributed by atoms with Gasteiger partial charge in [0.25, 0.3) is 0 Å². The first-order chi connectivity index (χ1) is 11.5. The largest absolute Gasteiger partial charge is 0.340 e. The smallest absolute Gasteiger partial charge is 0.227 e. The highest BCUT2D eigenvalue weighted by atomic mass is 19.1. The summed E-state index contributed by atoms with van der Waals surface area (Å²) in [5, 5.41) is 7.23. The predicted octanol–water partition coefficient (Wildman–Crippen LogP) is 1.94. The number of piperazine rings is 1. The lowest BCUT2D eigenvalue weighted by molar-refractivity contribution is -0.132. The summed E-state index contributed by atoms with van der Waals surface area (Å²) in [6, 6.07) is 5.00. The summed E-state index contributed by atoms with van der Waals surface area (Å²) in [6.45, 7) is 6.03. The van der Waals surface area contributed by atoms with Crippen LogP contribution in [0.3, 0.4) is 0 Å². The molecule has 3 rings (SSSR count). The molecule has 1 aliphatic heterocycles. The number of benzene rings is 1. The summed E-state index contributed by atoms with van der Waals surface area (Å²) >= 11 is 0. The van der Waals surface area contributed by atoms with Crippen LogP contribution in [0.25, 0.3) is 11.4 Å². The molecular formula is C17H21FN4O2. The zero-order chi connectivity index (χ0) is 17.1. The molecule has 0 aliphatic carbocycles. The molecular weight excluding hydrogens is 311 g/mol. The topological polar surface area (TPSA) is 71.3 Å². The van der Waals surface area contributed by atoms with Crippen LogP contribution >= 0.6 is 0 Å². The fraction of sp³-hybridized carbons (Fsp3) is 0.471. The molecule has 1 amide bonds. The standard InChI is InChI=1S/C17H21FN4O2/c1-11-9-13(3-4-14(11)18)17-20-15(24-21-17)5-6-16(23)22-8-7-19-12(2)10-22/h3-4,9,12,19H,5-8,10H2,1-2H3/t12-/m0/s1. The lowest BCUT2D eigenvalue weighted by Gasteiger charge is -2.31. The third-order valence-corrected chi connectivity index (χ3v) is 4.16. The molecule has 24 heavy (non-hydrogen) atoms. The van der Waals surface area contributed by atoms with E-state index < -0.39 is 0 Å². The molecule has 1 aromatic heterocycles. The Kier molecular flexibility index (Phi) is 4.89. The minimum atomic E-state index is -0.265. The molecule has 6 nitrogen and oxygen atoms in total. The predicted molar refractivity (Wildman–Crippen MR) is 86.8 cm³/mol. The van der Waals surface area contributed by atoms with Crippen molar-refractivity contribution >= 4 is 5.91 Å². The van der Waals surface area contributed by atoms with Gasteiger partial charge in [-0.2, -0.15) is 4.98 Å². The van der Waals surface area contributed by atoms with Crippen molar-refractivity contribution in [2.24, 2.45) is 0 Å². The van der Waals surface area contributed by atoms with Gasteiger partial charge in [0.05, 0.1) is 0 Å². The highest BCUT2D eigenvalue weighted by Gasteiger charge is 2.21. The molecule has 128 valence electrons. The molecule has 0 unspecified atom stereocenters. The summed E-state index contributed by atoms with van der Waals surface area (Å²) in [5.74, 6) is 0.666. The number of carbonyl (C=O) groups is 1. The third kappa shape index (κ3) is 3.79. The molecule has 2 heterocycles. The number of hydrogen-bond donors (Lipinski definition) is 1. The number of nitrogens with zero attached hydrogens (tertiary/aromatic N) is 3. The van der Waals surface area contributed by atoms with Crippen LogP contribution in [0, 0.1) is 12.7 Å². The molecule has 0 saturated carbocycles. The summed E-state index contributed by atoms with van der Waals surface area (Å²) < 4.78 is 18.5. The Morgan fingerprint density at radius 3 is 3.08 bits per heavy atom. The fourth-order valence-corrected chi connectivity index (χ4v) is 2.79. The minimum Gasteiger partial charge on any atom is -0.340 e. The van der Waals surface area contributed by atoms with Crippen molar-refractivity contribution in [1.29, 1.82) is 0 Å². The molecule has 0 bridgehead atoms. The van der Waals surface area contributed by atoms with Gasteiger partial charge in [-0.3, -0.25) is 4.79 Å². The molecule has 1 atom stereocenters. The van der Waals surface area contributed by atoms with Crippen LogP contribution in [0.15, 0.2) is 22.7 Å². The Labute approximate surface area is 140 Å². The van der Waals surface area contributed by atoms with Gasteiger partial charge in [-0.25, -0.2) is 4.39 Å². The highest BCUT2D eigenvalue weighted by molar-refractivity contribution is 5.76. The Morgan fingerprint density at radius 2 is 2.33 bits per heavy atom. The van der Waals surface area contributed by atoms with Crippen molar-refractivity contribution in [2.75, 3.05) is 19.6 Å². The van der Waals surface area contributed by atoms with Crippen LogP contribution in [0.5, 0.6) is 0 Å². The van der Waals surface area contributed by atoms with Gasteiger partial charge in [-0.05, 0) is 37.6 Å². The van der Waals surface area contributed by atoms with E-state index in [1.807, 2.05) is 4.90 Å². The fourth-order valence-electron chi connectivity index (χ4n) is 2.79. The Hall–Kier alpha value is -2.28. The molecule has 1 N–H and O–H groups in total. The monoisotopic (exact) mass is 332 g/mol. The summed E-state index contributed by atoms with van der Waals surface area (Å²) in [5.41, 5.74) is 1.23. The molecule has 7 heteroatoms. The molecule has 0 radical (unpaired) electrons. The van der Waals surface area contributed by atoms with Gasteiger partial charge in [-0.15, -0.1) is 0 Å². The Morgan fingerprint density at radius 1 is 1.50 bits per heavy atom. The number of nitrogens with one attached hydrogen (secondary N) is 1. The lowest BCUT2D eigenvalue weighted by atomic mass is 10.1. The lowest BCUT2D eigenvalue weighted by Crippen LogP contribution is -2.51. The van der Waals surface area contributed by atoms with E-state index in [9.17, 15) is 9.18 Å². The zero-order valence-corrected chi connectivity index (χ0v) is 13.9. The maximum Gasteiger partial charge on any atom is 0.227 e. The molecule has 1 saturated heterocycles. The van der Waals surface area contributed by atoms with Crippen molar-refractivity contribution in [1.82, 2.24) is 20.4 Å². The first-order valence-corrected chi connectivity index (χ1v) is 8.13. The van der Waals surface area contributed by atoms with Crippen LogP contribution < -0.4 is 5.32 Å². The summed E-state index contributed by atoms with van der Waals surface area (Å²) in [6.07, 6.45) is 0.751. The van der Waals surface area contributed by atoms with Crippen molar-refractivity contribution in [3.05, 3.63) is 35.5 Å². The van der Waals surface area contributed by atoms with E-state index in [2.05, 4.69) is 22.4 Å². The van der Waals surface area contributed by atoms with Gasteiger partial charge < -0.3 is 14.7 Å². The molecule has 2 aromatic rings. The second-order valence-corrected chi connectivity index (χ2v) is 6.17. The average Bonchev–Trinajstić information content (AvgIpc) is 3.04. The van der Waals surface area contributed by atoms with Crippen LogP contribution in [0.1, 0.15) is 24.8 Å². The number of carbonyl (C=O) groups excluding carboxylic acids is 1. The number of hydrogen-bond acceptors (Lipinski definition) is 5. The van der Waals surface area contributed by atoms with Gasteiger partial charge in [0.1, 0.15) is 5.82 Å².